The van der Waals surface area contributed by atoms with E-state index in [0.29, 0.717) is 6.54 Å². The highest BCUT2D eigenvalue weighted by Crippen LogP contribution is 1.98. The molecule has 15 heavy (non-hydrogen) atoms. The molecule has 3 nitrogen and oxygen atoms in total. The maximum absolute atomic E-state index is 9.41. The highest BCUT2D eigenvalue weighted by molar-refractivity contribution is 4.80. The summed E-state index contributed by atoms with van der Waals surface area (Å²) in [7, 11) is 2.00. The number of aromatic nitrogens is 2. The molecule has 0 spiro atoms. The Balaban J connectivity index is -0.000000480. The average molecular weight is 237 g/mol. The number of aliphatic hydroxyl groups is 1. The first-order chi connectivity index (χ1) is 5.65. The molecule has 0 saturated carbocycles. The molecule has 1 aromatic heterocycles. The third-order valence-corrected chi connectivity index (χ3v) is 2.28. The van der Waals surface area contributed by atoms with Gasteiger partial charge in [-0.15, -0.1) is 0 Å². The lowest BCUT2D eigenvalue weighted by atomic mass is 10.3. The van der Waals surface area contributed by atoms with E-state index in [2.05, 4.69) is 4.57 Å². The Bertz CT molecular complexity index is 261. The Morgan fingerprint density at radius 1 is 1.47 bits per heavy atom. The summed E-state index contributed by atoms with van der Waals surface area (Å²) in [5.74, 6) is 1.17. The predicted molar refractivity (Wildman–Crippen MR) is 60.1 cm³/mol. The van der Waals surface area contributed by atoms with Crippen molar-refractivity contribution in [2.24, 2.45) is 7.05 Å². The molecule has 0 aliphatic carbocycles. The molecule has 0 aliphatic heterocycles. The number of hydrogen-bond acceptors (Lipinski definition) is 1. The zero-order valence-corrected chi connectivity index (χ0v) is 9.12. The molecule has 0 radical (unpaired) electrons. The molecular weight excluding hydrogens is 212 g/mol. The average Bonchev–Trinajstić information content (AvgIpc) is 2.36. The largest absolute Gasteiger partial charge is 1.00 e. The third-order valence-electron chi connectivity index (χ3n) is 2.28. The zero-order valence-electron chi connectivity index (χ0n) is 8.37. The van der Waals surface area contributed by atoms with Gasteiger partial charge in [0.05, 0.1) is 13.2 Å². The Kier molecular flexibility index (Phi) is 11.6. The van der Waals surface area contributed by atoms with E-state index in [1.807, 2.05) is 37.9 Å². The van der Waals surface area contributed by atoms with E-state index in [1.165, 1.54) is 5.82 Å². The van der Waals surface area contributed by atoms with Crippen LogP contribution in [0.25, 0.3) is 0 Å². The van der Waals surface area contributed by atoms with Gasteiger partial charge in [-0.3, -0.25) is 0 Å². The van der Waals surface area contributed by atoms with Crippen LogP contribution < -0.4 is 17.0 Å². The summed E-state index contributed by atoms with van der Waals surface area (Å²) in [6.45, 7) is 4.73. The van der Waals surface area contributed by atoms with E-state index in [-0.39, 0.29) is 33.4 Å². The van der Waals surface area contributed by atoms with Crippen molar-refractivity contribution in [2.75, 3.05) is 0 Å². The number of hydrogen-bond donors (Lipinski definition) is 1. The third kappa shape index (κ3) is 5.19. The minimum absolute atomic E-state index is 0. The Labute approximate surface area is 100 Å². The number of rotatable bonds is 3. The number of nitrogens with zero attached hydrogens (tertiary/aromatic N) is 2. The van der Waals surface area contributed by atoms with Crippen molar-refractivity contribution in [3.63, 3.8) is 0 Å². The van der Waals surface area contributed by atoms with E-state index in [4.69, 9.17) is 0 Å². The van der Waals surface area contributed by atoms with Gasteiger partial charge in [-0.25, -0.2) is 9.13 Å². The van der Waals surface area contributed by atoms with Crippen molar-refractivity contribution in [3.05, 3.63) is 18.2 Å². The van der Waals surface area contributed by atoms with Gasteiger partial charge in [0.25, 0.3) is 5.82 Å². The van der Waals surface area contributed by atoms with Gasteiger partial charge < -0.3 is 17.5 Å². The van der Waals surface area contributed by atoms with Gasteiger partial charge in [0.15, 0.2) is 0 Å². The maximum Gasteiger partial charge on any atom is 0.253 e. The van der Waals surface area contributed by atoms with E-state index < -0.39 is 0 Å². The molecule has 0 aliphatic rings. The molecule has 0 aromatic carbocycles. The summed E-state index contributed by atoms with van der Waals surface area (Å²) in [6.07, 6.45) is 4.57. The van der Waals surface area contributed by atoms with Crippen LogP contribution in [0.5, 0.6) is 0 Å². The molecule has 1 unspecified atom stereocenters. The van der Waals surface area contributed by atoms with Crippen molar-refractivity contribution in [1.29, 1.82) is 0 Å². The first kappa shape index (κ1) is 19.9. The van der Waals surface area contributed by atoms with Gasteiger partial charge in [0.1, 0.15) is 18.9 Å². The molecule has 0 saturated heterocycles. The lowest BCUT2D eigenvalue weighted by Gasteiger charge is -2.04. The van der Waals surface area contributed by atoms with Crippen molar-refractivity contribution in [1.82, 2.24) is 4.57 Å². The summed E-state index contributed by atoms with van der Waals surface area (Å²) < 4.78 is 4.11. The number of halogens is 1. The van der Waals surface area contributed by atoms with Gasteiger partial charge in [-0.2, -0.15) is 0 Å². The lowest BCUT2D eigenvalue weighted by molar-refractivity contribution is -0.677. The van der Waals surface area contributed by atoms with Crippen molar-refractivity contribution in [2.45, 2.75) is 47.8 Å². The maximum atomic E-state index is 9.41. The Morgan fingerprint density at radius 3 is 2.33 bits per heavy atom. The van der Waals surface area contributed by atoms with Crippen LogP contribution in [-0.4, -0.2) is 15.8 Å². The number of aryl methyl sites for hydroxylation is 1. The van der Waals surface area contributed by atoms with Crippen molar-refractivity contribution < 1.29 is 22.1 Å². The summed E-state index contributed by atoms with van der Waals surface area (Å²) in [5.41, 5.74) is 0. The SMILES string of the molecule is C.C.CCC(O)Cn1cc[n+](C)c1C.[Cl-]. The van der Waals surface area contributed by atoms with Crippen LogP contribution in [0, 0.1) is 6.92 Å². The predicted octanol–water partition coefficient (Wildman–Crippen LogP) is -1.33. The highest BCUT2D eigenvalue weighted by atomic mass is 35.5. The molecule has 0 bridgehead atoms. The molecular formula is C11H25ClN2O. The first-order valence-corrected chi connectivity index (χ1v) is 4.34. The van der Waals surface area contributed by atoms with Gasteiger partial charge in [0, 0.05) is 6.92 Å². The lowest BCUT2D eigenvalue weighted by Crippen LogP contribution is -3.00. The van der Waals surface area contributed by atoms with Gasteiger partial charge >= 0.3 is 0 Å². The van der Waals surface area contributed by atoms with Crippen LogP contribution in [0.15, 0.2) is 12.4 Å². The van der Waals surface area contributed by atoms with Crippen LogP contribution in [0.2, 0.25) is 0 Å². The van der Waals surface area contributed by atoms with E-state index in [1.54, 1.807) is 0 Å². The smallest absolute Gasteiger partial charge is 0.253 e. The monoisotopic (exact) mass is 236 g/mol. The minimum Gasteiger partial charge on any atom is -1.00 e. The minimum atomic E-state index is -0.226. The molecule has 1 rings (SSSR count). The number of aliphatic hydroxyl groups excluding tert-OH is 1. The van der Waals surface area contributed by atoms with Gasteiger partial charge in [0.2, 0.25) is 0 Å². The first-order valence-electron chi connectivity index (χ1n) is 4.34. The summed E-state index contributed by atoms with van der Waals surface area (Å²) in [4.78, 5) is 0. The second-order valence-corrected chi connectivity index (χ2v) is 3.17. The quantitative estimate of drug-likeness (QED) is 0.648. The molecule has 1 atom stereocenters. The molecule has 4 heteroatoms. The molecule has 1 N–H and O–H groups in total. The molecule has 1 aromatic rings. The molecule has 0 fully saturated rings. The Hall–Kier alpha value is -0.540. The van der Waals surface area contributed by atoms with Gasteiger partial charge in [-0.05, 0) is 6.42 Å². The fourth-order valence-electron chi connectivity index (χ4n) is 1.15. The van der Waals surface area contributed by atoms with E-state index in [9.17, 15) is 5.11 Å². The second-order valence-electron chi connectivity index (χ2n) is 3.17. The van der Waals surface area contributed by atoms with Gasteiger partial charge in [-0.1, -0.05) is 21.8 Å². The Morgan fingerprint density at radius 2 is 2.00 bits per heavy atom. The zero-order chi connectivity index (χ0) is 9.14. The second kappa shape index (κ2) is 8.74. The molecule has 0 amide bonds. The van der Waals surface area contributed by atoms with Crippen LogP contribution in [0.4, 0.5) is 0 Å². The van der Waals surface area contributed by atoms with Crippen LogP contribution in [-0.2, 0) is 13.6 Å². The van der Waals surface area contributed by atoms with Crippen LogP contribution in [0.1, 0.15) is 34.0 Å². The fraction of sp³-hybridized carbons (Fsp3) is 0.727. The fourth-order valence-corrected chi connectivity index (χ4v) is 1.15. The van der Waals surface area contributed by atoms with E-state index in [0.717, 1.165) is 6.42 Å². The summed E-state index contributed by atoms with van der Waals surface area (Å²) >= 11 is 0. The summed E-state index contributed by atoms with van der Waals surface area (Å²) in [5, 5.41) is 9.41. The topological polar surface area (TPSA) is 29.0 Å². The standard InChI is InChI=1S/C9H17N2O.2CH4.ClH/c1-4-9(12)7-11-6-5-10(3)8(11)2;;;/h5-6,9,12H,4,7H2,1-3H3;2*1H4;1H/q+1;;;/p-1. The normalized spacial score (nSPS) is 10.7. The molecule has 92 valence electrons. The van der Waals surface area contributed by atoms with Crippen molar-refractivity contribution in [3.8, 4) is 0 Å². The van der Waals surface area contributed by atoms with E-state index >= 15 is 0 Å². The van der Waals surface area contributed by atoms with Crippen molar-refractivity contribution >= 4 is 0 Å². The van der Waals surface area contributed by atoms with Crippen LogP contribution >= 0.6 is 0 Å². The highest BCUT2D eigenvalue weighted by Gasteiger charge is 2.11. The summed E-state index contributed by atoms with van der Waals surface area (Å²) in [6, 6.07) is 0. The van der Waals surface area contributed by atoms with Crippen LogP contribution in [0.3, 0.4) is 0 Å². The molecule has 1 heterocycles. The number of imidazole rings is 1.